The van der Waals surface area contributed by atoms with Gasteiger partial charge in [0.15, 0.2) is 0 Å². The normalized spacial score (nSPS) is 12.4. The molecular formula is C13H20O4. The highest BCUT2D eigenvalue weighted by molar-refractivity contribution is 5.35. The van der Waals surface area contributed by atoms with Crippen LogP contribution in [0.4, 0.5) is 0 Å². The van der Waals surface area contributed by atoms with Gasteiger partial charge in [0.1, 0.15) is 12.4 Å². The minimum Gasteiger partial charge on any atom is -0.491 e. The number of benzene rings is 1. The van der Waals surface area contributed by atoms with E-state index in [0.717, 1.165) is 5.56 Å². The standard InChI is InChI=1S/C13H20O4/c1-15-8-7-12(14)11-5-3-4-6-13(11)17-10-9-16-2/h3-6,12,14H,7-10H2,1-2H3. The Morgan fingerprint density at radius 3 is 2.47 bits per heavy atom. The van der Waals surface area contributed by atoms with Crippen LogP contribution >= 0.6 is 0 Å². The minimum atomic E-state index is -0.561. The summed E-state index contributed by atoms with van der Waals surface area (Å²) in [5, 5.41) is 10.00. The van der Waals surface area contributed by atoms with Crippen LogP contribution in [0.2, 0.25) is 0 Å². The lowest BCUT2D eigenvalue weighted by Gasteiger charge is -2.15. The molecule has 0 heterocycles. The number of hydrogen-bond donors (Lipinski definition) is 1. The third kappa shape index (κ3) is 4.73. The fourth-order valence-corrected chi connectivity index (χ4v) is 1.51. The molecule has 1 unspecified atom stereocenters. The fraction of sp³-hybridized carbons (Fsp3) is 0.538. The molecule has 0 aliphatic carbocycles. The number of rotatable bonds is 8. The van der Waals surface area contributed by atoms with Crippen LogP contribution in [0.3, 0.4) is 0 Å². The molecule has 4 heteroatoms. The Labute approximate surface area is 102 Å². The van der Waals surface area contributed by atoms with Crippen molar-refractivity contribution in [1.82, 2.24) is 0 Å². The van der Waals surface area contributed by atoms with Gasteiger partial charge in [-0.15, -0.1) is 0 Å². The van der Waals surface area contributed by atoms with E-state index in [1.54, 1.807) is 14.2 Å². The Morgan fingerprint density at radius 1 is 1.06 bits per heavy atom. The summed E-state index contributed by atoms with van der Waals surface area (Å²) in [6.45, 7) is 1.53. The summed E-state index contributed by atoms with van der Waals surface area (Å²) in [4.78, 5) is 0. The van der Waals surface area contributed by atoms with E-state index in [2.05, 4.69) is 0 Å². The number of hydrogen-bond acceptors (Lipinski definition) is 4. The van der Waals surface area contributed by atoms with Gasteiger partial charge in [-0.05, 0) is 6.07 Å². The number of para-hydroxylation sites is 1. The second kappa shape index (κ2) is 8.06. The third-order valence-corrected chi connectivity index (χ3v) is 2.42. The molecule has 0 saturated carbocycles. The molecule has 4 nitrogen and oxygen atoms in total. The first-order chi connectivity index (χ1) is 8.29. The van der Waals surface area contributed by atoms with E-state index < -0.39 is 6.10 Å². The molecule has 0 fully saturated rings. The van der Waals surface area contributed by atoms with Gasteiger partial charge in [-0.25, -0.2) is 0 Å². The summed E-state index contributed by atoms with van der Waals surface area (Å²) in [7, 11) is 3.25. The third-order valence-electron chi connectivity index (χ3n) is 2.42. The van der Waals surface area contributed by atoms with Crippen molar-refractivity contribution in [3.05, 3.63) is 29.8 Å². The van der Waals surface area contributed by atoms with Gasteiger partial charge in [0.05, 0.1) is 12.7 Å². The van der Waals surface area contributed by atoms with E-state index in [-0.39, 0.29) is 0 Å². The number of aliphatic hydroxyl groups excluding tert-OH is 1. The Hall–Kier alpha value is -1.10. The fourth-order valence-electron chi connectivity index (χ4n) is 1.51. The maximum absolute atomic E-state index is 10.00. The van der Waals surface area contributed by atoms with Crippen molar-refractivity contribution in [2.75, 3.05) is 34.0 Å². The molecule has 17 heavy (non-hydrogen) atoms. The van der Waals surface area contributed by atoms with E-state index in [0.29, 0.717) is 32.0 Å². The summed E-state index contributed by atoms with van der Waals surface area (Å²) in [6.07, 6.45) is -0.00470. The van der Waals surface area contributed by atoms with Gasteiger partial charge in [0.2, 0.25) is 0 Å². The molecule has 0 saturated heterocycles. The second-order valence-electron chi connectivity index (χ2n) is 3.68. The van der Waals surface area contributed by atoms with Gasteiger partial charge in [-0.3, -0.25) is 0 Å². The first kappa shape index (κ1) is 14.0. The SMILES string of the molecule is COCCOc1ccccc1C(O)CCOC. The van der Waals surface area contributed by atoms with Crippen molar-refractivity contribution in [1.29, 1.82) is 0 Å². The predicted octanol–water partition coefficient (Wildman–Crippen LogP) is 1.78. The molecule has 0 amide bonds. The van der Waals surface area contributed by atoms with Crippen LogP contribution in [0, 0.1) is 0 Å². The largest absolute Gasteiger partial charge is 0.491 e. The van der Waals surface area contributed by atoms with Gasteiger partial charge in [0.25, 0.3) is 0 Å². The molecule has 1 rings (SSSR count). The van der Waals surface area contributed by atoms with Gasteiger partial charge in [-0.2, -0.15) is 0 Å². The Balaban J connectivity index is 2.62. The average molecular weight is 240 g/mol. The van der Waals surface area contributed by atoms with Crippen LogP contribution in [0.15, 0.2) is 24.3 Å². The first-order valence-electron chi connectivity index (χ1n) is 5.67. The summed E-state index contributed by atoms with van der Waals surface area (Å²) < 4.78 is 15.4. The van der Waals surface area contributed by atoms with Gasteiger partial charge >= 0.3 is 0 Å². The highest BCUT2D eigenvalue weighted by Crippen LogP contribution is 2.26. The quantitative estimate of drug-likeness (QED) is 0.704. The first-order valence-corrected chi connectivity index (χ1v) is 5.67. The van der Waals surface area contributed by atoms with Crippen LogP contribution in [0.25, 0.3) is 0 Å². The Morgan fingerprint density at radius 2 is 1.76 bits per heavy atom. The topological polar surface area (TPSA) is 47.9 Å². The van der Waals surface area contributed by atoms with Crippen molar-refractivity contribution in [3.8, 4) is 5.75 Å². The lowest BCUT2D eigenvalue weighted by molar-refractivity contribution is 0.105. The van der Waals surface area contributed by atoms with E-state index in [1.165, 1.54) is 0 Å². The van der Waals surface area contributed by atoms with Gasteiger partial charge < -0.3 is 19.3 Å². The van der Waals surface area contributed by atoms with Gasteiger partial charge in [0, 0.05) is 32.8 Å². The zero-order valence-corrected chi connectivity index (χ0v) is 10.4. The molecular weight excluding hydrogens is 220 g/mol. The molecule has 0 radical (unpaired) electrons. The predicted molar refractivity (Wildman–Crippen MR) is 65.3 cm³/mol. The maximum Gasteiger partial charge on any atom is 0.125 e. The summed E-state index contributed by atoms with van der Waals surface area (Å²) in [6, 6.07) is 7.48. The summed E-state index contributed by atoms with van der Waals surface area (Å²) in [5.41, 5.74) is 0.792. The molecule has 1 atom stereocenters. The Kier molecular flexibility index (Phi) is 6.62. The molecule has 1 aromatic rings. The smallest absolute Gasteiger partial charge is 0.125 e. The van der Waals surface area contributed by atoms with Gasteiger partial charge in [-0.1, -0.05) is 18.2 Å². The van der Waals surface area contributed by atoms with E-state index in [9.17, 15) is 5.11 Å². The Bertz CT molecular complexity index is 314. The number of ether oxygens (including phenoxy) is 3. The minimum absolute atomic E-state index is 0.477. The molecule has 0 spiro atoms. The summed E-state index contributed by atoms with van der Waals surface area (Å²) in [5.74, 6) is 0.702. The van der Waals surface area contributed by atoms with Crippen molar-refractivity contribution in [3.63, 3.8) is 0 Å². The van der Waals surface area contributed by atoms with E-state index in [1.807, 2.05) is 24.3 Å². The van der Waals surface area contributed by atoms with Crippen LogP contribution < -0.4 is 4.74 Å². The van der Waals surface area contributed by atoms with E-state index >= 15 is 0 Å². The number of methoxy groups -OCH3 is 2. The second-order valence-corrected chi connectivity index (χ2v) is 3.68. The summed E-state index contributed by atoms with van der Waals surface area (Å²) >= 11 is 0. The molecule has 96 valence electrons. The van der Waals surface area contributed by atoms with Crippen molar-refractivity contribution in [2.24, 2.45) is 0 Å². The molecule has 1 aromatic carbocycles. The van der Waals surface area contributed by atoms with Crippen LogP contribution in [-0.4, -0.2) is 39.1 Å². The maximum atomic E-state index is 10.00. The zero-order valence-electron chi connectivity index (χ0n) is 10.4. The monoisotopic (exact) mass is 240 g/mol. The highest BCUT2D eigenvalue weighted by atomic mass is 16.5. The lowest BCUT2D eigenvalue weighted by Crippen LogP contribution is -2.08. The highest BCUT2D eigenvalue weighted by Gasteiger charge is 2.12. The molecule has 0 aromatic heterocycles. The van der Waals surface area contributed by atoms with Crippen LogP contribution in [0.5, 0.6) is 5.75 Å². The van der Waals surface area contributed by atoms with Crippen LogP contribution in [0.1, 0.15) is 18.1 Å². The zero-order chi connectivity index (χ0) is 12.5. The van der Waals surface area contributed by atoms with Crippen molar-refractivity contribution < 1.29 is 19.3 Å². The molecule has 0 aliphatic heterocycles. The molecule has 1 N–H and O–H groups in total. The lowest BCUT2D eigenvalue weighted by atomic mass is 10.1. The molecule has 0 bridgehead atoms. The van der Waals surface area contributed by atoms with E-state index in [4.69, 9.17) is 14.2 Å². The molecule has 0 aliphatic rings. The average Bonchev–Trinajstić information content (AvgIpc) is 2.37. The van der Waals surface area contributed by atoms with Crippen molar-refractivity contribution in [2.45, 2.75) is 12.5 Å². The number of aliphatic hydroxyl groups is 1. The van der Waals surface area contributed by atoms with Crippen molar-refractivity contribution >= 4 is 0 Å². The van der Waals surface area contributed by atoms with Crippen LogP contribution in [-0.2, 0) is 9.47 Å².